The van der Waals surface area contributed by atoms with Gasteiger partial charge >= 0.3 is 0 Å². The Balaban J connectivity index is 2.39. The molecule has 0 amide bonds. The van der Waals surface area contributed by atoms with Gasteiger partial charge in [-0.25, -0.2) is 0 Å². The largest absolute Gasteiger partial charge is 0.545 e. The minimum Gasteiger partial charge on any atom is -0.545 e. The lowest BCUT2D eigenvalue weighted by Gasteiger charge is -2.17. The molecule has 1 unspecified atom stereocenters. The summed E-state index contributed by atoms with van der Waals surface area (Å²) in [5.74, 6) is -0.876. The molecule has 1 atom stereocenters. The molecule has 106 valence electrons. The molecule has 0 aliphatic rings. The van der Waals surface area contributed by atoms with Gasteiger partial charge in [0.25, 0.3) is 0 Å². The Kier molecular flexibility index (Phi) is 6.92. The maximum absolute atomic E-state index is 10.9. The third-order valence-corrected chi connectivity index (χ3v) is 3.00. The van der Waals surface area contributed by atoms with Gasteiger partial charge < -0.3 is 24.6 Å². The number of likely N-dealkylation sites (N-methyl/N-ethyl adjacent to an activating group) is 1. The van der Waals surface area contributed by atoms with Crippen molar-refractivity contribution in [3.8, 4) is 5.75 Å². The number of benzene rings is 1. The van der Waals surface area contributed by atoms with E-state index in [1.54, 1.807) is 18.2 Å². The molecule has 2 N–H and O–H groups in total. The van der Waals surface area contributed by atoms with Gasteiger partial charge in [-0.05, 0) is 19.1 Å². The highest BCUT2D eigenvalue weighted by Crippen LogP contribution is 2.16. The molecule has 0 radical (unpaired) electrons. The van der Waals surface area contributed by atoms with Gasteiger partial charge in [0.1, 0.15) is 12.3 Å². The maximum atomic E-state index is 10.9. The summed E-state index contributed by atoms with van der Waals surface area (Å²) in [7, 11) is 0. The molecule has 0 fully saturated rings. The minimum atomic E-state index is -1.23. The molecule has 0 spiro atoms. The second-order valence-electron chi connectivity index (χ2n) is 4.31. The topological polar surface area (TPSA) is 74.0 Å². The molecule has 0 saturated heterocycles. The Morgan fingerprint density at radius 2 is 2.11 bits per heavy atom. The number of carbonyl (C=O) groups is 1. The highest BCUT2D eigenvalue weighted by Gasteiger charge is 2.06. The lowest BCUT2D eigenvalue weighted by Crippen LogP contribution is -3.12. The first kappa shape index (κ1) is 15.5. The number of aromatic carboxylic acids is 1. The van der Waals surface area contributed by atoms with Gasteiger partial charge in [-0.2, -0.15) is 0 Å². The van der Waals surface area contributed by atoms with E-state index in [1.807, 2.05) is 0 Å². The van der Waals surface area contributed by atoms with Crippen molar-refractivity contribution >= 4 is 5.97 Å². The molecule has 0 aromatic heterocycles. The molecule has 5 nitrogen and oxygen atoms in total. The van der Waals surface area contributed by atoms with Crippen molar-refractivity contribution in [2.75, 3.05) is 32.8 Å². The number of quaternary nitrogens is 1. The van der Waals surface area contributed by atoms with Gasteiger partial charge in [0.2, 0.25) is 0 Å². The summed E-state index contributed by atoms with van der Waals surface area (Å²) in [5, 5.41) is 19.7. The summed E-state index contributed by atoms with van der Waals surface area (Å²) in [6.45, 7) is 5.28. The van der Waals surface area contributed by atoms with Crippen LogP contribution in [-0.2, 0) is 0 Å². The molecule has 0 saturated carbocycles. The van der Waals surface area contributed by atoms with E-state index in [9.17, 15) is 9.90 Å². The molecular weight excluding hydrogens is 246 g/mol. The highest BCUT2D eigenvalue weighted by atomic mass is 16.5. The van der Waals surface area contributed by atoms with Gasteiger partial charge in [-0.1, -0.05) is 12.1 Å². The number of aliphatic hydroxyl groups is 1. The van der Waals surface area contributed by atoms with Crippen molar-refractivity contribution in [3.05, 3.63) is 29.8 Å². The number of aliphatic hydroxyl groups excluding tert-OH is 1. The van der Waals surface area contributed by atoms with Gasteiger partial charge in [0, 0.05) is 12.0 Å². The number of hydrogen-bond donors (Lipinski definition) is 2. The number of hydrogen-bond acceptors (Lipinski definition) is 4. The quantitative estimate of drug-likeness (QED) is 0.546. The van der Waals surface area contributed by atoms with Crippen molar-refractivity contribution in [2.45, 2.75) is 13.3 Å². The van der Waals surface area contributed by atoms with Crippen LogP contribution in [0.15, 0.2) is 24.3 Å². The maximum Gasteiger partial charge on any atom is 0.128 e. The second kappa shape index (κ2) is 8.50. The second-order valence-corrected chi connectivity index (χ2v) is 4.31. The van der Waals surface area contributed by atoms with Crippen LogP contribution in [-0.4, -0.2) is 43.9 Å². The predicted octanol–water partition coefficient (Wildman–Crippen LogP) is -1.28. The molecule has 1 aromatic rings. The summed E-state index contributed by atoms with van der Waals surface area (Å²) in [5.41, 5.74) is 0.0811. The Morgan fingerprint density at radius 1 is 1.37 bits per heavy atom. The minimum absolute atomic E-state index is 0.0811. The van der Waals surface area contributed by atoms with E-state index in [2.05, 4.69) is 6.92 Å². The fraction of sp³-hybridized carbons (Fsp3) is 0.500. The molecule has 5 heteroatoms. The molecule has 1 aromatic carbocycles. The predicted molar refractivity (Wildman–Crippen MR) is 69.2 cm³/mol. The van der Waals surface area contributed by atoms with Crippen LogP contribution < -0.4 is 14.7 Å². The van der Waals surface area contributed by atoms with Crippen molar-refractivity contribution in [3.63, 3.8) is 0 Å². The number of para-hydroxylation sites is 1. The van der Waals surface area contributed by atoms with Crippen LogP contribution >= 0.6 is 0 Å². The summed E-state index contributed by atoms with van der Waals surface area (Å²) in [4.78, 5) is 12.2. The SMILES string of the molecule is CC[NH+](CCO)CCCOc1ccccc1C(=O)[O-]. The Labute approximate surface area is 113 Å². The molecule has 1 rings (SSSR count). The zero-order valence-electron chi connectivity index (χ0n) is 11.2. The number of rotatable bonds is 9. The standard InChI is InChI=1S/C14H21NO4/c1-2-15(9-10-16)8-5-11-19-13-7-4-3-6-12(13)14(17)18/h3-4,6-7,16H,2,5,8-11H2,1H3,(H,17,18). The smallest absolute Gasteiger partial charge is 0.128 e. The first-order valence-electron chi connectivity index (χ1n) is 6.56. The van der Waals surface area contributed by atoms with Crippen LogP contribution in [0.3, 0.4) is 0 Å². The zero-order chi connectivity index (χ0) is 14.1. The molecule has 19 heavy (non-hydrogen) atoms. The lowest BCUT2D eigenvalue weighted by atomic mass is 10.2. The number of nitrogens with one attached hydrogen (secondary N) is 1. The molecular formula is C14H21NO4. The van der Waals surface area contributed by atoms with Crippen molar-refractivity contribution in [1.29, 1.82) is 0 Å². The average molecular weight is 267 g/mol. The van der Waals surface area contributed by atoms with Gasteiger partial charge in [-0.15, -0.1) is 0 Å². The molecule has 0 heterocycles. The van der Waals surface area contributed by atoms with E-state index in [4.69, 9.17) is 9.84 Å². The fourth-order valence-corrected chi connectivity index (χ4v) is 1.90. The average Bonchev–Trinajstić information content (AvgIpc) is 2.42. The van der Waals surface area contributed by atoms with E-state index >= 15 is 0 Å². The van der Waals surface area contributed by atoms with Crippen LogP contribution in [0.1, 0.15) is 23.7 Å². The molecule has 0 aliphatic carbocycles. The number of ether oxygens (including phenoxy) is 1. The van der Waals surface area contributed by atoms with E-state index in [0.29, 0.717) is 12.4 Å². The van der Waals surface area contributed by atoms with Gasteiger partial charge in [-0.3, -0.25) is 0 Å². The zero-order valence-corrected chi connectivity index (χ0v) is 11.2. The summed E-state index contributed by atoms with van der Waals surface area (Å²) in [6.07, 6.45) is 0.810. The van der Waals surface area contributed by atoms with E-state index in [-0.39, 0.29) is 12.2 Å². The van der Waals surface area contributed by atoms with Crippen LogP contribution in [0.2, 0.25) is 0 Å². The van der Waals surface area contributed by atoms with Gasteiger partial charge in [0.05, 0.1) is 32.3 Å². The molecule has 0 aliphatic heterocycles. The van der Waals surface area contributed by atoms with Gasteiger partial charge in [0.15, 0.2) is 0 Å². The first-order chi connectivity index (χ1) is 9.19. The van der Waals surface area contributed by atoms with Crippen LogP contribution in [0.4, 0.5) is 0 Å². The van der Waals surface area contributed by atoms with Crippen LogP contribution in [0, 0.1) is 0 Å². The Hall–Kier alpha value is -1.59. The first-order valence-corrected chi connectivity index (χ1v) is 6.56. The lowest BCUT2D eigenvalue weighted by molar-refractivity contribution is -0.898. The summed E-state index contributed by atoms with van der Waals surface area (Å²) < 4.78 is 5.47. The van der Waals surface area contributed by atoms with Crippen LogP contribution in [0.5, 0.6) is 5.75 Å². The third-order valence-electron chi connectivity index (χ3n) is 3.00. The number of carboxylic acid groups (broad SMARTS) is 1. The molecule has 0 bridgehead atoms. The number of carbonyl (C=O) groups excluding carboxylic acids is 1. The fourth-order valence-electron chi connectivity index (χ4n) is 1.90. The van der Waals surface area contributed by atoms with Crippen molar-refractivity contribution < 1.29 is 24.6 Å². The monoisotopic (exact) mass is 267 g/mol. The van der Waals surface area contributed by atoms with E-state index in [0.717, 1.165) is 26.1 Å². The Morgan fingerprint density at radius 3 is 2.74 bits per heavy atom. The van der Waals surface area contributed by atoms with Crippen molar-refractivity contribution in [2.24, 2.45) is 0 Å². The number of carboxylic acids is 1. The summed E-state index contributed by atoms with van der Waals surface area (Å²) in [6, 6.07) is 6.47. The van der Waals surface area contributed by atoms with Crippen LogP contribution in [0.25, 0.3) is 0 Å². The normalized spacial score (nSPS) is 12.1. The third kappa shape index (κ3) is 5.28. The Bertz CT molecular complexity index is 395. The highest BCUT2D eigenvalue weighted by molar-refractivity contribution is 5.89. The van der Waals surface area contributed by atoms with E-state index < -0.39 is 5.97 Å². The summed E-state index contributed by atoms with van der Waals surface area (Å²) >= 11 is 0. The van der Waals surface area contributed by atoms with Crippen molar-refractivity contribution in [1.82, 2.24) is 0 Å². The van der Waals surface area contributed by atoms with E-state index in [1.165, 1.54) is 11.0 Å².